The molecular weight excluding hydrogens is 412 g/mol. The topological polar surface area (TPSA) is 75.7 Å². The van der Waals surface area contributed by atoms with Crippen molar-refractivity contribution in [1.29, 1.82) is 0 Å². The molecule has 0 saturated heterocycles. The standard InChI is InChI=1S/C24H26N2O4S/c1-4-30-20-13-11-19(12-14-20)26(31(3,28)29)16(2)24(27)25-22-15-10-18-9-8-17-6-5-7-21(22)23(17)18/h5-7,10-16H,4,8-9H2,1-3H3,(H,25,27)/t16-/m0/s1. The van der Waals surface area contributed by atoms with Crippen LogP contribution in [-0.2, 0) is 27.7 Å². The molecule has 0 fully saturated rings. The Balaban J connectivity index is 1.63. The molecule has 0 saturated carbocycles. The van der Waals surface area contributed by atoms with Gasteiger partial charge in [-0.05, 0) is 73.5 Å². The Bertz CT molecular complexity index is 1230. The number of carbonyl (C=O) groups is 1. The van der Waals surface area contributed by atoms with Crippen LogP contribution in [0.15, 0.2) is 54.6 Å². The molecule has 162 valence electrons. The van der Waals surface area contributed by atoms with Crippen LogP contribution in [0.3, 0.4) is 0 Å². The summed E-state index contributed by atoms with van der Waals surface area (Å²) in [5, 5.41) is 5.13. The maximum absolute atomic E-state index is 13.1. The quantitative estimate of drug-likeness (QED) is 0.602. The van der Waals surface area contributed by atoms with Crippen molar-refractivity contribution < 1.29 is 17.9 Å². The Labute approximate surface area is 182 Å². The summed E-state index contributed by atoms with van der Waals surface area (Å²) in [6.45, 7) is 3.98. The van der Waals surface area contributed by atoms with E-state index in [1.165, 1.54) is 16.5 Å². The molecule has 0 radical (unpaired) electrons. The summed E-state index contributed by atoms with van der Waals surface area (Å²) >= 11 is 0. The van der Waals surface area contributed by atoms with E-state index in [0.717, 1.165) is 28.8 Å². The number of ether oxygens (including phenoxy) is 1. The predicted octanol–water partition coefficient (Wildman–Crippen LogP) is 4.13. The molecule has 1 aliphatic rings. The predicted molar refractivity (Wildman–Crippen MR) is 124 cm³/mol. The van der Waals surface area contributed by atoms with Gasteiger partial charge in [0, 0.05) is 11.1 Å². The van der Waals surface area contributed by atoms with Crippen LogP contribution in [0.5, 0.6) is 5.75 Å². The maximum atomic E-state index is 13.1. The van der Waals surface area contributed by atoms with Gasteiger partial charge in [0.15, 0.2) is 0 Å². The number of benzene rings is 3. The first-order valence-corrected chi connectivity index (χ1v) is 12.2. The van der Waals surface area contributed by atoms with Crippen molar-refractivity contribution in [2.45, 2.75) is 32.7 Å². The molecule has 0 heterocycles. The third-order valence-electron chi connectivity index (χ3n) is 5.63. The van der Waals surface area contributed by atoms with Gasteiger partial charge in [0.1, 0.15) is 11.8 Å². The van der Waals surface area contributed by atoms with Crippen LogP contribution < -0.4 is 14.4 Å². The summed E-state index contributed by atoms with van der Waals surface area (Å²) in [4.78, 5) is 13.1. The average molecular weight is 439 g/mol. The molecule has 0 bridgehead atoms. The number of amides is 1. The highest BCUT2D eigenvalue weighted by Crippen LogP contribution is 2.35. The van der Waals surface area contributed by atoms with E-state index in [2.05, 4.69) is 11.4 Å². The number of hydrogen-bond donors (Lipinski definition) is 1. The van der Waals surface area contributed by atoms with Gasteiger partial charge < -0.3 is 10.1 Å². The number of nitrogens with one attached hydrogen (secondary N) is 1. The van der Waals surface area contributed by atoms with Gasteiger partial charge in [0.2, 0.25) is 15.9 Å². The fourth-order valence-electron chi connectivity index (χ4n) is 4.26. The van der Waals surface area contributed by atoms with Gasteiger partial charge in [0.05, 0.1) is 18.6 Å². The van der Waals surface area contributed by atoms with Crippen LogP contribution in [0.1, 0.15) is 25.0 Å². The monoisotopic (exact) mass is 438 g/mol. The summed E-state index contributed by atoms with van der Waals surface area (Å²) in [7, 11) is -3.69. The highest BCUT2D eigenvalue weighted by molar-refractivity contribution is 7.92. The summed E-state index contributed by atoms with van der Waals surface area (Å²) in [5.74, 6) is 0.253. The third-order valence-corrected chi connectivity index (χ3v) is 6.87. The fraction of sp³-hybridized carbons (Fsp3) is 0.292. The lowest BCUT2D eigenvalue weighted by Crippen LogP contribution is -2.45. The molecule has 0 aliphatic heterocycles. The second-order valence-electron chi connectivity index (χ2n) is 7.76. The minimum absolute atomic E-state index is 0.391. The summed E-state index contributed by atoms with van der Waals surface area (Å²) in [6.07, 6.45) is 3.10. The van der Waals surface area contributed by atoms with Crippen molar-refractivity contribution in [3.8, 4) is 5.75 Å². The first kappa shape index (κ1) is 21.2. The van der Waals surface area contributed by atoms with Crippen molar-refractivity contribution in [3.05, 3.63) is 65.7 Å². The average Bonchev–Trinajstić information content (AvgIpc) is 3.15. The lowest BCUT2D eigenvalue weighted by Gasteiger charge is -2.28. The molecule has 6 nitrogen and oxygen atoms in total. The van der Waals surface area contributed by atoms with Gasteiger partial charge in [-0.1, -0.05) is 24.3 Å². The lowest BCUT2D eigenvalue weighted by molar-refractivity contribution is -0.116. The Hall–Kier alpha value is -3.06. The number of rotatable bonds is 7. The van der Waals surface area contributed by atoms with E-state index in [0.29, 0.717) is 23.7 Å². The molecule has 0 spiro atoms. The van der Waals surface area contributed by atoms with Gasteiger partial charge in [-0.3, -0.25) is 9.10 Å². The lowest BCUT2D eigenvalue weighted by atomic mass is 10.0. The Morgan fingerprint density at radius 2 is 1.74 bits per heavy atom. The number of anilines is 2. The Kier molecular flexibility index (Phi) is 5.62. The number of nitrogens with zero attached hydrogens (tertiary/aromatic N) is 1. The molecule has 1 N–H and O–H groups in total. The zero-order chi connectivity index (χ0) is 22.2. The number of sulfonamides is 1. The molecule has 3 aromatic carbocycles. The van der Waals surface area contributed by atoms with E-state index in [1.807, 2.05) is 31.2 Å². The molecule has 3 aromatic rings. The molecule has 4 rings (SSSR count). The van der Waals surface area contributed by atoms with E-state index in [4.69, 9.17) is 4.74 Å². The van der Waals surface area contributed by atoms with E-state index < -0.39 is 22.0 Å². The van der Waals surface area contributed by atoms with E-state index in [9.17, 15) is 13.2 Å². The van der Waals surface area contributed by atoms with Crippen LogP contribution in [-0.4, -0.2) is 33.2 Å². The van der Waals surface area contributed by atoms with Crippen LogP contribution >= 0.6 is 0 Å². The number of aryl methyl sites for hydroxylation is 2. The summed E-state index contributed by atoms with van der Waals surface area (Å²) in [5.41, 5.74) is 3.67. The van der Waals surface area contributed by atoms with Crippen molar-refractivity contribution in [3.63, 3.8) is 0 Å². The molecule has 1 amide bonds. The maximum Gasteiger partial charge on any atom is 0.248 e. The Morgan fingerprint density at radius 3 is 2.39 bits per heavy atom. The van der Waals surface area contributed by atoms with Crippen LogP contribution in [0.25, 0.3) is 10.8 Å². The van der Waals surface area contributed by atoms with E-state index in [1.54, 1.807) is 31.2 Å². The van der Waals surface area contributed by atoms with Crippen LogP contribution in [0.2, 0.25) is 0 Å². The second kappa shape index (κ2) is 8.23. The van der Waals surface area contributed by atoms with E-state index in [-0.39, 0.29) is 0 Å². The minimum Gasteiger partial charge on any atom is -0.494 e. The second-order valence-corrected chi connectivity index (χ2v) is 9.62. The van der Waals surface area contributed by atoms with Crippen LogP contribution in [0, 0.1) is 0 Å². The normalized spacial score (nSPS) is 13.8. The van der Waals surface area contributed by atoms with Gasteiger partial charge in [-0.25, -0.2) is 8.42 Å². The van der Waals surface area contributed by atoms with E-state index >= 15 is 0 Å². The number of hydrogen-bond acceptors (Lipinski definition) is 4. The smallest absolute Gasteiger partial charge is 0.248 e. The molecule has 0 unspecified atom stereocenters. The number of carbonyl (C=O) groups excluding carboxylic acids is 1. The van der Waals surface area contributed by atoms with Gasteiger partial charge in [-0.2, -0.15) is 0 Å². The molecule has 7 heteroatoms. The van der Waals surface area contributed by atoms with Crippen molar-refractivity contribution in [2.24, 2.45) is 0 Å². The van der Waals surface area contributed by atoms with Crippen molar-refractivity contribution >= 4 is 38.1 Å². The molecule has 1 aliphatic carbocycles. The van der Waals surface area contributed by atoms with Gasteiger partial charge >= 0.3 is 0 Å². The largest absolute Gasteiger partial charge is 0.494 e. The first-order chi connectivity index (χ1) is 14.8. The minimum atomic E-state index is -3.69. The van der Waals surface area contributed by atoms with Gasteiger partial charge in [0.25, 0.3) is 0 Å². The zero-order valence-corrected chi connectivity index (χ0v) is 18.7. The summed E-state index contributed by atoms with van der Waals surface area (Å²) < 4.78 is 31.7. The van der Waals surface area contributed by atoms with Crippen molar-refractivity contribution in [1.82, 2.24) is 0 Å². The molecular formula is C24H26N2O4S. The van der Waals surface area contributed by atoms with Crippen LogP contribution in [0.4, 0.5) is 11.4 Å². The third kappa shape index (κ3) is 4.10. The Morgan fingerprint density at radius 1 is 1.06 bits per heavy atom. The highest BCUT2D eigenvalue weighted by Gasteiger charge is 2.29. The zero-order valence-electron chi connectivity index (χ0n) is 17.9. The summed E-state index contributed by atoms with van der Waals surface area (Å²) in [6, 6.07) is 15.8. The fourth-order valence-corrected chi connectivity index (χ4v) is 5.43. The van der Waals surface area contributed by atoms with Crippen molar-refractivity contribution in [2.75, 3.05) is 22.5 Å². The van der Waals surface area contributed by atoms with Gasteiger partial charge in [-0.15, -0.1) is 0 Å². The molecule has 31 heavy (non-hydrogen) atoms. The first-order valence-electron chi connectivity index (χ1n) is 10.4. The molecule has 0 aromatic heterocycles. The SMILES string of the molecule is CCOc1ccc(N([C@@H](C)C(=O)Nc2ccc3c4c(cccc24)CC3)S(C)(=O)=O)cc1. The highest BCUT2D eigenvalue weighted by atomic mass is 32.2. The molecule has 1 atom stereocenters.